The predicted molar refractivity (Wildman–Crippen MR) is 96.8 cm³/mol. The molecule has 1 N–H and O–H groups in total. The summed E-state index contributed by atoms with van der Waals surface area (Å²) in [6.07, 6.45) is 2.52. The molecule has 0 spiro atoms. The number of carbonyl (C=O) groups excluding carboxylic acids is 1. The summed E-state index contributed by atoms with van der Waals surface area (Å²) in [6.45, 7) is 9.38. The normalized spacial score (nSPS) is 26.2. The molecule has 2 saturated heterocycles. The average molecular weight is 368 g/mol. The first-order chi connectivity index (χ1) is 11.8. The van der Waals surface area contributed by atoms with Gasteiger partial charge in [-0.1, -0.05) is 20.8 Å². The number of ether oxygens (including phenoxy) is 1. The number of aliphatic hydroxyl groups excluding tert-OH is 1. The molecule has 2 aliphatic rings. The number of hydrogen-bond acceptors (Lipinski definition) is 7. The maximum absolute atomic E-state index is 12.8. The molecular weight excluding hydrogens is 338 g/mol. The Morgan fingerprint density at radius 1 is 1.32 bits per heavy atom. The molecule has 6 nitrogen and oxygen atoms in total. The molecule has 0 saturated carbocycles. The zero-order chi connectivity index (χ0) is 18.0. The Bertz CT molecular complexity index is 593. The number of Topliss-reactive ketones (excluding diaryl/α,β-unsaturated/α-hetero) is 1. The molecule has 0 amide bonds. The zero-order valence-corrected chi connectivity index (χ0v) is 16.2. The fourth-order valence-electron chi connectivity index (χ4n) is 3.57. The van der Waals surface area contributed by atoms with Crippen LogP contribution in [0.15, 0.2) is 0 Å². The number of β-amino-alcohol motifs (C(OH)–C–C–N with tert-alkyl or cyclic N) is 1. The average Bonchev–Trinajstić information content (AvgIpc) is 3.15. The largest absolute Gasteiger partial charge is 0.392 e. The molecule has 1 aromatic rings. The van der Waals surface area contributed by atoms with Crippen molar-refractivity contribution < 1.29 is 14.6 Å². The van der Waals surface area contributed by atoms with Crippen LogP contribution in [0.2, 0.25) is 0 Å². The topological polar surface area (TPSA) is 75.5 Å². The van der Waals surface area contributed by atoms with Crippen molar-refractivity contribution in [3.63, 3.8) is 0 Å². The third kappa shape index (κ3) is 4.84. The van der Waals surface area contributed by atoms with Crippen LogP contribution >= 0.6 is 11.3 Å². The molecule has 7 heteroatoms. The molecule has 0 aromatic carbocycles. The van der Waals surface area contributed by atoms with E-state index in [-0.39, 0.29) is 17.2 Å². The molecule has 3 heterocycles. The second kappa shape index (κ2) is 7.78. The Morgan fingerprint density at radius 2 is 2.04 bits per heavy atom. The molecule has 0 aliphatic carbocycles. The maximum Gasteiger partial charge on any atom is 0.156 e. The van der Waals surface area contributed by atoms with Gasteiger partial charge in [0, 0.05) is 31.7 Å². The van der Waals surface area contributed by atoms with E-state index < -0.39 is 6.10 Å². The van der Waals surface area contributed by atoms with E-state index >= 15 is 0 Å². The highest BCUT2D eigenvalue weighted by Crippen LogP contribution is 2.28. The number of nitrogens with zero attached hydrogens (tertiary/aromatic N) is 3. The van der Waals surface area contributed by atoms with Crippen LogP contribution in [0.3, 0.4) is 0 Å². The van der Waals surface area contributed by atoms with Gasteiger partial charge in [0.05, 0.1) is 18.6 Å². The van der Waals surface area contributed by atoms with Crippen molar-refractivity contribution in [3.05, 3.63) is 10.0 Å². The minimum Gasteiger partial charge on any atom is -0.392 e. The van der Waals surface area contributed by atoms with E-state index in [9.17, 15) is 9.90 Å². The van der Waals surface area contributed by atoms with Gasteiger partial charge in [-0.05, 0) is 25.2 Å². The lowest BCUT2D eigenvalue weighted by Gasteiger charge is -2.30. The van der Waals surface area contributed by atoms with Gasteiger partial charge in [-0.15, -0.1) is 21.5 Å². The summed E-state index contributed by atoms with van der Waals surface area (Å²) in [5, 5.41) is 20.3. The van der Waals surface area contributed by atoms with Crippen molar-refractivity contribution in [2.45, 2.75) is 64.0 Å². The lowest BCUT2D eigenvalue weighted by molar-refractivity contribution is -0.123. The van der Waals surface area contributed by atoms with Crippen LogP contribution in [0.1, 0.15) is 50.0 Å². The number of rotatable bonds is 5. The standard InChI is InChI=1S/C18H29N3O3S/c1-18(2,3)17-20-19-16(25-17)9-15(23)14-8-13(22)11-21(14)10-12-4-6-24-7-5-12/h12-14,22H,4-11H2,1-3H3/t13-,14-/m0/s1. The first-order valence-corrected chi connectivity index (χ1v) is 10.00. The van der Waals surface area contributed by atoms with Crippen LogP contribution in [0.4, 0.5) is 0 Å². The fourth-order valence-corrected chi connectivity index (χ4v) is 4.48. The molecule has 2 fully saturated rings. The zero-order valence-electron chi connectivity index (χ0n) is 15.4. The predicted octanol–water partition coefficient (Wildman–Crippen LogP) is 1.81. The minimum atomic E-state index is -0.409. The van der Waals surface area contributed by atoms with Gasteiger partial charge in [-0.2, -0.15) is 0 Å². The Balaban J connectivity index is 1.61. The van der Waals surface area contributed by atoms with Crippen molar-refractivity contribution >= 4 is 17.1 Å². The quantitative estimate of drug-likeness (QED) is 0.855. The van der Waals surface area contributed by atoms with Gasteiger partial charge in [0.1, 0.15) is 10.0 Å². The van der Waals surface area contributed by atoms with Crippen molar-refractivity contribution in [1.82, 2.24) is 15.1 Å². The second-order valence-corrected chi connectivity index (χ2v) is 9.37. The Morgan fingerprint density at radius 3 is 2.68 bits per heavy atom. The van der Waals surface area contributed by atoms with E-state index in [2.05, 4.69) is 35.9 Å². The summed E-state index contributed by atoms with van der Waals surface area (Å²) in [5.74, 6) is 0.712. The molecular formula is C18H29N3O3S. The number of hydrogen-bond donors (Lipinski definition) is 1. The Kier molecular flexibility index (Phi) is 5.88. The number of aliphatic hydroxyl groups is 1. The van der Waals surface area contributed by atoms with Gasteiger partial charge in [-0.25, -0.2) is 0 Å². The molecule has 140 valence electrons. The first-order valence-electron chi connectivity index (χ1n) is 9.18. The van der Waals surface area contributed by atoms with Crippen molar-refractivity contribution in [3.8, 4) is 0 Å². The van der Waals surface area contributed by atoms with Gasteiger partial charge in [0.2, 0.25) is 0 Å². The van der Waals surface area contributed by atoms with Crippen molar-refractivity contribution in [2.24, 2.45) is 5.92 Å². The summed E-state index contributed by atoms with van der Waals surface area (Å²) < 4.78 is 5.42. The Hall–Kier alpha value is -0.890. The van der Waals surface area contributed by atoms with Crippen LogP contribution in [0, 0.1) is 5.92 Å². The number of likely N-dealkylation sites (tertiary alicyclic amines) is 1. The van der Waals surface area contributed by atoms with Crippen LogP contribution in [-0.4, -0.2) is 64.4 Å². The van der Waals surface area contributed by atoms with Gasteiger partial charge in [0.25, 0.3) is 0 Å². The number of ketones is 1. The van der Waals surface area contributed by atoms with Crippen LogP contribution < -0.4 is 0 Å². The second-order valence-electron chi connectivity index (χ2n) is 8.31. The van der Waals surface area contributed by atoms with Crippen LogP contribution in [0.25, 0.3) is 0 Å². The smallest absolute Gasteiger partial charge is 0.156 e. The van der Waals surface area contributed by atoms with Gasteiger partial charge in [-0.3, -0.25) is 9.69 Å². The molecule has 0 radical (unpaired) electrons. The fraction of sp³-hybridized carbons (Fsp3) is 0.833. The molecule has 1 aromatic heterocycles. The minimum absolute atomic E-state index is 0.0440. The van der Waals surface area contributed by atoms with E-state index in [0.717, 1.165) is 42.6 Å². The molecule has 2 aliphatic heterocycles. The lowest BCUT2D eigenvalue weighted by atomic mass is 9.98. The molecule has 25 heavy (non-hydrogen) atoms. The van der Waals surface area contributed by atoms with Crippen LogP contribution in [0.5, 0.6) is 0 Å². The first kappa shape index (κ1) is 18.9. The summed E-state index contributed by atoms with van der Waals surface area (Å²) >= 11 is 1.52. The molecule has 0 bridgehead atoms. The van der Waals surface area contributed by atoms with Crippen molar-refractivity contribution in [1.29, 1.82) is 0 Å². The molecule has 0 unspecified atom stereocenters. The monoisotopic (exact) mass is 367 g/mol. The van der Waals surface area contributed by atoms with E-state index in [1.807, 2.05) is 0 Å². The van der Waals surface area contributed by atoms with E-state index in [4.69, 9.17) is 4.74 Å². The van der Waals surface area contributed by atoms with Gasteiger partial charge < -0.3 is 9.84 Å². The summed E-state index contributed by atoms with van der Waals surface area (Å²) in [5.41, 5.74) is -0.0440. The molecule has 3 rings (SSSR count). The highest BCUT2D eigenvalue weighted by molar-refractivity contribution is 7.11. The number of carbonyl (C=O) groups is 1. The molecule has 2 atom stereocenters. The SMILES string of the molecule is CC(C)(C)c1nnc(CC(=O)[C@@H]2C[C@H](O)CN2CC2CCOCC2)s1. The van der Waals surface area contributed by atoms with Gasteiger partial charge in [0.15, 0.2) is 5.78 Å². The highest BCUT2D eigenvalue weighted by atomic mass is 32.1. The highest BCUT2D eigenvalue weighted by Gasteiger charge is 2.37. The third-order valence-electron chi connectivity index (χ3n) is 5.02. The van der Waals surface area contributed by atoms with Crippen molar-refractivity contribution in [2.75, 3.05) is 26.3 Å². The Labute approximate surface area is 153 Å². The van der Waals surface area contributed by atoms with Crippen LogP contribution in [-0.2, 0) is 21.4 Å². The maximum atomic E-state index is 12.8. The van der Waals surface area contributed by atoms with Gasteiger partial charge >= 0.3 is 0 Å². The van der Waals surface area contributed by atoms with E-state index in [0.29, 0.717) is 25.3 Å². The van der Waals surface area contributed by atoms with E-state index in [1.54, 1.807) is 0 Å². The summed E-state index contributed by atoms with van der Waals surface area (Å²) in [6, 6.07) is -0.195. The lowest BCUT2D eigenvalue weighted by Crippen LogP contribution is -2.41. The number of aromatic nitrogens is 2. The summed E-state index contributed by atoms with van der Waals surface area (Å²) in [7, 11) is 0. The third-order valence-corrected chi connectivity index (χ3v) is 6.37. The van der Waals surface area contributed by atoms with E-state index in [1.165, 1.54) is 11.3 Å². The summed E-state index contributed by atoms with van der Waals surface area (Å²) in [4.78, 5) is 15.0.